The zero-order chi connectivity index (χ0) is 11.3. The first-order valence-corrected chi connectivity index (χ1v) is 5.23. The van der Waals surface area contributed by atoms with Crippen molar-refractivity contribution in [2.24, 2.45) is 0 Å². The third-order valence-electron chi connectivity index (χ3n) is 2.89. The van der Waals surface area contributed by atoms with E-state index in [0.717, 1.165) is 10.9 Å². The van der Waals surface area contributed by atoms with E-state index in [0.29, 0.717) is 6.04 Å². The summed E-state index contributed by atoms with van der Waals surface area (Å²) >= 11 is 0. The topological polar surface area (TPSA) is 0 Å². The summed E-state index contributed by atoms with van der Waals surface area (Å²) in [5.74, 6) is 0. The van der Waals surface area contributed by atoms with E-state index >= 15 is 0 Å². The molecule has 0 N–H and O–H groups in total. The highest BCUT2D eigenvalue weighted by Gasteiger charge is 2.22. The first-order valence-electron chi connectivity index (χ1n) is 5.23. The van der Waals surface area contributed by atoms with E-state index in [-0.39, 0.29) is 12.4 Å². The Morgan fingerprint density at radius 1 is 1.19 bits per heavy atom. The summed E-state index contributed by atoms with van der Waals surface area (Å²) in [4.78, 5) is 0. The van der Waals surface area contributed by atoms with E-state index in [4.69, 9.17) is 0 Å². The van der Waals surface area contributed by atoms with Gasteiger partial charge in [-0.3, -0.25) is 4.48 Å². The highest BCUT2D eigenvalue weighted by atomic mass is 35.5. The Morgan fingerprint density at radius 3 is 2.19 bits per heavy atom. The van der Waals surface area contributed by atoms with Crippen LogP contribution in [-0.4, -0.2) is 24.6 Å². The molecule has 0 saturated heterocycles. The van der Waals surface area contributed by atoms with Crippen molar-refractivity contribution in [3.05, 3.63) is 61.3 Å². The molecule has 2 heteroatoms. The van der Waals surface area contributed by atoms with Gasteiger partial charge in [0.25, 0.3) is 0 Å². The summed E-state index contributed by atoms with van der Waals surface area (Å²) in [5, 5.41) is 0. The van der Waals surface area contributed by atoms with Gasteiger partial charge in [0.05, 0.1) is 20.3 Å². The summed E-state index contributed by atoms with van der Waals surface area (Å²) in [6, 6.07) is 10.9. The maximum atomic E-state index is 3.91. The molecule has 0 amide bonds. The summed E-state index contributed by atoms with van der Waals surface area (Å²) in [5.41, 5.74) is 1.34. The van der Waals surface area contributed by atoms with Crippen LogP contribution in [0.15, 0.2) is 55.8 Å². The molecule has 0 aliphatic carbocycles. The molecule has 0 fully saturated rings. The van der Waals surface area contributed by atoms with Crippen molar-refractivity contribution < 1.29 is 16.9 Å². The second-order valence-electron chi connectivity index (χ2n) is 4.30. The number of nitrogens with zero attached hydrogens (tertiary/aromatic N) is 1. The van der Waals surface area contributed by atoms with Crippen LogP contribution in [0.2, 0.25) is 0 Å². The summed E-state index contributed by atoms with van der Waals surface area (Å²) in [6.07, 6.45) is 4.97. The van der Waals surface area contributed by atoms with Gasteiger partial charge < -0.3 is 12.4 Å². The van der Waals surface area contributed by atoms with E-state index < -0.39 is 0 Å². The Labute approximate surface area is 105 Å². The van der Waals surface area contributed by atoms with Crippen LogP contribution in [0.3, 0.4) is 0 Å². The maximum Gasteiger partial charge on any atom is 0.115 e. The second-order valence-corrected chi connectivity index (χ2v) is 4.30. The van der Waals surface area contributed by atoms with Gasteiger partial charge in [-0.05, 0) is 18.2 Å². The minimum Gasteiger partial charge on any atom is -1.00 e. The highest BCUT2D eigenvalue weighted by molar-refractivity contribution is 5.16. The van der Waals surface area contributed by atoms with Crippen molar-refractivity contribution in [2.75, 3.05) is 14.1 Å². The van der Waals surface area contributed by atoms with Crippen LogP contribution in [0, 0.1) is 0 Å². The van der Waals surface area contributed by atoms with Crippen molar-refractivity contribution in [3.8, 4) is 0 Å². The maximum absolute atomic E-state index is 3.91. The molecule has 0 aliphatic heterocycles. The van der Waals surface area contributed by atoms with Gasteiger partial charge in [-0.2, -0.15) is 0 Å². The molecule has 16 heavy (non-hydrogen) atoms. The third kappa shape index (κ3) is 3.84. The van der Waals surface area contributed by atoms with Crippen molar-refractivity contribution in [3.63, 3.8) is 0 Å². The predicted octanol–water partition coefficient (Wildman–Crippen LogP) is 0.00760. The second kappa shape index (κ2) is 6.51. The van der Waals surface area contributed by atoms with Gasteiger partial charge in [0.15, 0.2) is 0 Å². The number of likely N-dealkylation sites (N-methyl/N-ethyl adjacent to an activating group) is 1. The third-order valence-corrected chi connectivity index (χ3v) is 2.89. The Morgan fingerprint density at radius 2 is 1.75 bits per heavy atom. The average Bonchev–Trinajstić information content (AvgIpc) is 2.27. The van der Waals surface area contributed by atoms with Crippen molar-refractivity contribution in [2.45, 2.75) is 12.5 Å². The summed E-state index contributed by atoms with van der Waals surface area (Å²) in [6.45, 7) is 7.78. The van der Waals surface area contributed by atoms with Gasteiger partial charge in [0.1, 0.15) is 6.04 Å². The number of hydrogen-bond acceptors (Lipinski definition) is 0. The highest BCUT2D eigenvalue weighted by Crippen LogP contribution is 2.14. The standard InChI is InChI=1S/C14H20N.ClH/c1-5-14(15(3,4)6-2)12-13-10-8-7-9-11-13;/h5-11,14H,1-2,12H2,3-4H3;1H/q+1;/p-1. The van der Waals surface area contributed by atoms with E-state index in [1.807, 2.05) is 18.3 Å². The van der Waals surface area contributed by atoms with Crippen LogP contribution in [0.1, 0.15) is 5.56 Å². The van der Waals surface area contributed by atoms with Crippen molar-refractivity contribution >= 4 is 0 Å². The molecular formula is C14H20ClN. The zero-order valence-corrected chi connectivity index (χ0v) is 10.8. The van der Waals surface area contributed by atoms with Gasteiger partial charge in [-0.1, -0.05) is 36.9 Å². The van der Waals surface area contributed by atoms with Gasteiger partial charge in [0.2, 0.25) is 0 Å². The minimum atomic E-state index is 0. The smallest absolute Gasteiger partial charge is 0.115 e. The first kappa shape index (κ1) is 14.9. The normalized spacial score (nSPS) is 12.4. The molecule has 0 saturated carbocycles. The first-order chi connectivity index (χ1) is 7.10. The van der Waals surface area contributed by atoms with Crippen LogP contribution >= 0.6 is 0 Å². The lowest BCUT2D eigenvalue weighted by molar-refractivity contribution is -0.857. The molecule has 88 valence electrons. The molecule has 1 unspecified atom stereocenters. The molecule has 0 aromatic heterocycles. The molecule has 1 aromatic carbocycles. The predicted molar refractivity (Wildman–Crippen MR) is 66.4 cm³/mol. The lowest BCUT2D eigenvalue weighted by Crippen LogP contribution is -3.00. The largest absolute Gasteiger partial charge is 1.00 e. The molecule has 1 nitrogen and oxygen atoms in total. The molecule has 1 aromatic rings. The monoisotopic (exact) mass is 237 g/mol. The molecule has 0 aliphatic rings. The van der Waals surface area contributed by atoms with E-state index in [2.05, 4.69) is 51.5 Å². The molecule has 1 rings (SSSR count). The van der Waals surface area contributed by atoms with Crippen molar-refractivity contribution in [1.82, 2.24) is 0 Å². The minimum absolute atomic E-state index is 0. The Hall–Kier alpha value is -1.05. The number of quaternary nitrogens is 1. The fourth-order valence-electron chi connectivity index (χ4n) is 1.58. The van der Waals surface area contributed by atoms with Gasteiger partial charge in [0, 0.05) is 6.42 Å². The van der Waals surface area contributed by atoms with Crippen LogP contribution < -0.4 is 12.4 Å². The molecule has 0 spiro atoms. The zero-order valence-electron chi connectivity index (χ0n) is 10.1. The van der Waals surface area contributed by atoms with Crippen LogP contribution in [0.4, 0.5) is 0 Å². The van der Waals surface area contributed by atoms with Gasteiger partial charge in [-0.15, -0.1) is 0 Å². The summed E-state index contributed by atoms with van der Waals surface area (Å²) < 4.78 is 0.762. The molecule has 0 bridgehead atoms. The number of rotatable bonds is 5. The fraction of sp³-hybridized carbons (Fsp3) is 0.286. The van der Waals surface area contributed by atoms with Crippen LogP contribution in [0.5, 0.6) is 0 Å². The van der Waals surface area contributed by atoms with E-state index in [1.54, 1.807) is 0 Å². The number of benzene rings is 1. The molecule has 0 heterocycles. The lowest BCUT2D eigenvalue weighted by Gasteiger charge is -2.32. The molecule has 1 atom stereocenters. The Bertz CT molecular complexity index is 330. The van der Waals surface area contributed by atoms with E-state index in [1.165, 1.54) is 5.56 Å². The van der Waals surface area contributed by atoms with Crippen LogP contribution in [0.25, 0.3) is 0 Å². The Balaban J connectivity index is 0.00000225. The SMILES string of the molecule is C=CC(Cc1ccccc1)[N+](C)(C)C=C.[Cl-]. The van der Waals surface area contributed by atoms with Crippen LogP contribution in [-0.2, 0) is 6.42 Å². The Kier molecular flexibility index (Phi) is 6.09. The van der Waals surface area contributed by atoms with Gasteiger partial charge in [-0.25, -0.2) is 0 Å². The molecule has 0 radical (unpaired) electrons. The fourth-order valence-corrected chi connectivity index (χ4v) is 1.58. The van der Waals surface area contributed by atoms with E-state index in [9.17, 15) is 0 Å². The molecular weight excluding hydrogens is 218 g/mol. The van der Waals surface area contributed by atoms with Gasteiger partial charge >= 0.3 is 0 Å². The number of halogens is 1. The van der Waals surface area contributed by atoms with Crippen molar-refractivity contribution in [1.29, 1.82) is 0 Å². The lowest BCUT2D eigenvalue weighted by atomic mass is 10.0. The quantitative estimate of drug-likeness (QED) is 0.500. The summed E-state index contributed by atoms with van der Waals surface area (Å²) in [7, 11) is 4.28. The number of hydrogen-bond donors (Lipinski definition) is 0. The average molecular weight is 238 g/mol.